The molecule has 1 saturated heterocycles. The predicted molar refractivity (Wildman–Crippen MR) is 71.1 cm³/mol. The fourth-order valence-electron chi connectivity index (χ4n) is 2.41. The summed E-state index contributed by atoms with van der Waals surface area (Å²) in [7, 11) is 0. The smallest absolute Gasteiger partial charge is 0.270 e. The highest BCUT2D eigenvalue weighted by Gasteiger charge is 2.26. The number of amides is 1. The van der Waals surface area contributed by atoms with Crippen LogP contribution in [0.3, 0.4) is 0 Å². The number of aliphatic hydroxyl groups is 1. The minimum atomic E-state index is -0.462. The van der Waals surface area contributed by atoms with E-state index in [1.807, 2.05) is 6.07 Å². The number of aromatic amines is 1. The van der Waals surface area contributed by atoms with Gasteiger partial charge in [0.15, 0.2) is 5.43 Å². The van der Waals surface area contributed by atoms with Crippen molar-refractivity contribution >= 4 is 16.8 Å². The van der Waals surface area contributed by atoms with E-state index in [2.05, 4.69) is 4.98 Å². The molecule has 0 bridgehead atoms. The maximum Gasteiger partial charge on any atom is 0.270 e. The lowest BCUT2D eigenvalue weighted by molar-refractivity contribution is 0.0759. The molecule has 1 atom stereocenters. The Morgan fingerprint density at radius 1 is 1.37 bits per heavy atom. The summed E-state index contributed by atoms with van der Waals surface area (Å²) in [5.74, 6) is -0.237. The lowest BCUT2D eigenvalue weighted by Crippen LogP contribution is -2.31. The maximum atomic E-state index is 12.2. The summed E-state index contributed by atoms with van der Waals surface area (Å²) in [6.07, 6.45) is 0.125. The van der Waals surface area contributed by atoms with E-state index < -0.39 is 6.10 Å². The first kappa shape index (κ1) is 11.9. The highest BCUT2D eigenvalue weighted by atomic mass is 16.3. The molecule has 1 aliphatic heterocycles. The van der Waals surface area contributed by atoms with E-state index in [1.54, 1.807) is 23.1 Å². The van der Waals surface area contributed by atoms with Crippen molar-refractivity contribution in [2.24, 2.45) is 0 Å². The fourth-order valence-corrected chi connectivity index (χ4v) is 2.41. The monoisotopic (exact) mass is 258 g/mol. The van der Waals surface area contributed by atoms with Crippen LogP contribution in [0.5, 0.6) is 0 Å². The summed E-state index contributed by atoms with van der Waals surface area (Å²) < 4.78 is 0. The Bertz CT molecular complexity index is 692. The fraction of sp³-hybridized carbons (Fsp3) is 0.286. The van der Waals surface area contributed by atoms with Crippen LogP contribution in [0.25, 0.3) is 10.9 Å². The Morgan fingerprint density at radius 2 is 2.16 bits per heavy atom. The Balaban J connectivity index is 2.01. The second-order valence-corrected chi connectivity index (χ2v) is 4.79. The summed E-state index contributed by atoms with van der Waals surface area (Å²) in [6, 6.07) is 8.42. The lowest BCUT2D eigenvalue weighted by Gasteiger charge is -2.15. The van der Waals surface area contributed by atoms with Crippen LogP contribution >= 0.6 is 0 Å². The Hall–Kier alpha value is -2.14. The zero-order valence-corrected chi connectivity index (χ0v) is 10.3. The lowest BCUT2D eigenvalue weighted by atomic mass is 10.2. The third-order valence-electron chi connectivity index (χ3n) is 3.42. The third-order valence-corrected chi connectivity index (χ3v) is 3.42. The molecule has 5 heteroatoms. The van der Waals surface area contributed by atoms with Crippen LogP contribution in [0, 0.1) is 0 Å². The van der Waals surface area contributed by atoms with Crippen molar-refractivity contribution in [2.75, 3.05) is 13.1 Å². The van der Waals surface area contributed by atoms with E-state index in [4.69, 9.17) is 0 Å². The quantitative estimate of drug-likeness (QED) is 0.792. The molecule has 19 heavy (non-hydrogen) atoms. The number of carbonyl (C=O) groups is 1. The first-order valence-corrected chi connectivity index (χ1v) is 6.24. The minimum Gasteiger partial charge on any atom is -0.391 e. The van der Waals surface area contributed by atoms with Crippen molar-refractivity contribution in [1.82, 2.24) is 9.88 Å². The second-order valence-electron chi connectivity index (χ2n) is 4.79. The number of rotatable bonds is 1. The van der Waals surface area contributed by atoms with E-state index in [1.165, 1.54) is 6.07 Å². The number of fused-ring (bicyclic) bond motifs is 1. The van der Waals surface area contributed by atoms with Crippen molar-refractivity contribution in [1.29, 1.82) is 0 Å². The molecule has 1 amide bonds. The molecule has 2 heterocycles. The first-order valence-electron chi connectivity index (χ1n) is 6.24. The van der Waals surface area contributed by atoms with Crippen molar-refractivity contribution in [2.45, 2.75) is 12.5 Å². The molecule has 0 spiro atoms. The van der Waals surface area contributed by atoms with Gasteiger partial charge >= 0.3 is 0 Å². The van der Waals surface area contributed by atoms with Crippen molar-refractivity contribution in [3.05, 3.63) is 46.2 Å². The van der Waals surface area contributed by atoms with E-state index in [-0.39, 0.29) is 17.0 Å². The normalized spacial score (nSPS) is 19.0. The van der Waals surface area contributed by atoms with Crippen LogP contribution in [0.4, 0.5) is 0 Å². The predicted octanol–water partition coefficient (Wildman–Crippen LogP) is 0.735. The van der Waals surface area contributed by atoms with Gasteiger partial charge in [0.2, 0.25) is 0 Å². The minimum absolute atomic E-state index is 0.169. The summed E-state index contributed by atoms with van der Waals surface area (Å²) in [4.78, 5) is 28.7. The maximum absolute atomic E-state index is 12.2. The molecular weight excluding hydrogens is 244 g/mol. The molecule has 0 aliphatic carbocycles. The molecule has 1 aromatic heterocycles. The molecule has 1 aliphatic rings. The van der Waals surface area contributed by atoms with Crippen LogP contribution in [-0.4, -0.2) is 40.1 Å². The Morgan fingerprint density at radius 3 is 2.89 bits per heavy atom. The number of pyridine rings is 1. The number of hydrogen-bond donors (Lipinski definition) is 2. The van der Waals surface area contributed by atoms with Gasteiger partial charge in [-0.1, -0.05) is 12.1 Å². The van der Waals surface area contributed by atoms with Gasteiger partial charge < -0.3 is 15.0 Å². The molecule has 3 rings (SSSR count). The van der Waals surface area contributed by atoms with Gasteiger partial charge in [-0.3, -0.25) is 9.59 Å². The summed E-state index contributed by atoms with van der Waals surface area (Å²) in [5, 5.41) is 10.0. The van der Waals surface area contributed by atoms with Gasteiger partial charge in [0.25, 0.3) is 5.91 Å². The summed E-state index contributed by atoms with van der Waals surface area (Å²) >= 11 is 0. The highest BCUT2D eigenvalue weighted by Crippen LogP contribution is 2.13. The molecule has 5 nitrogen and oxygen atoms in total. The molecule has 98 valence electrons. The zero-order valence-electron chi connectivity index (χ0n) is 10.3. The van der Waals surface area contributed by atoms with Gasteiger partial charge in [-0.15, -0.1) is 0 Å². The van der Waals surface area contributed by atoms with Gasteiger partial charge in [-0.2, -0.15) is 0 Å². The number of nitrogens with zero attached hydrogens (tertiary/aromatic N) is 1. The van der Waals surface area contributed by atoms with E-state index in [0.29, 0.717) is 30.4 Å². The number of hydrogen-bond acceptors (Lipinski definition) is 3. The average Bonchev–Trinajstić information content (AvgIpc) is 2.84. The van der Waals surface area contributed by atoms with Crippen LogP contribution < -0.4 is 5.43 Å². The number of aliphatic hydroxyl groups excluding tert-OH is 1. The van der Waals surface area contributed by atoms with Crippen molar-refractivity contribution in [3.63, 3.8) is 0 Å². The summed E-state index contributed by atoms with van der Waals surface area (Å²) in [5.41, 5.74) is 0.758. The average molecular weight is 258 g/mol. The Labute approximate surface area is 109 Å². The molecule has 2 N–H and O–H groups in total. The third kappa shape index (κ3) is 2.13. The molecular formula is C14H14N2O3. The van der Waals surface area contributed by atoms with Crippen LogP contribution in [0.1, 0.15) is 16.9 Å². The topological polar surface area (TPSA) is 73.4 Å². The molecule has 1 fully saturated rings. The first-order chi connectivity index (χ1) is 9.15. The van der Waals surface area contributed by atoms with E-state index in [0.717, 1.165) is 0 Å². The number of aromatic nitrogens is 1. The van der Waals surface area contributed by atoms with Gasteiger partial charge in [-0.25, -0.2) is 0 Å². The standard InChI is InChI=1S/C14H14N2O3/c17-9-5-6-16(8-9)14(19)12-7-13(18)10-3-1-2-4-11(10)15-12/h1-4,7,9,17H,5-6,8H2,(H,15,18)/t9-/m1/s1. The molecule has 0 radical (unpaired) electrons. The number of benzene rings is 1. The van der Waals surface area contributed by atoms with Gasteiger partial charge in [0.1, 0.15) is 5.69 Å². The number of nitrogens with one attached hydrogen (secondary N) is 1. The molecule has 1 aromatic carbocycles. The SMILES string of the molecule is O=C(c1cc(=O)c2ccccc2[nH]1)N1CC[C@@H](O)C1. The van der Waals surface area contributed by atoms with Gasteiger partial charge in [0, 0.05) is 30.1 Å². The van der Waals surface area contributed by atoms with Crippen LogP contribution in [0.15, 0.2) is 35.1 Å². The molecule has 0 unspecified atom stereocenters. The van der Waals surface area contributed by atoms with Crippen molar-refractivity contribution in [3.8, 4) is 0 Å². The number of H-pyrrole nitrogens is 1. The number of para-hydroxylation sites is 1. The van der Waals surface area contributed by atoms with Crippen LogP contribution in [-0.2, 0) is 0 Å². The number of β-amino-alcohol motifs (C(OH)–C–C–N with tert-alkyl or cyclic N) is 1. The summed E-state index contributed by atoms with van der Waals surface area (Å²) in [6.45, 7) is 0.850. The molecule has 2 aromatic rings. The highest BCUT2D eigenvalue weighted by molar-refractivity contribution is 5.95. The number of likely N-dealkylation sites (tertiary alicyclic amines) is 1. The van der Waals surface area contributed by atoms with E-state index >= 15 is 0 Å². The van der Waals surface area contributed by atoms with Crippen LogP contribution in [0.2, 0.25) is 0 Å². The molecule has 0 saturated carbocycles. The number of carbonyl (C=O) groups excluding carboxylic acids is 1. The zero-order chi connectivity index (χ0) is 13.4. The Kier molecular flexibility index (Phi) is 2.83. The van der Waals surface area contributed by atoms with Crippen molar-refractivity contribution < 1.29 is 9.90 Å². The van der Waals surface area contributed by atoms with Gasteiger partial charge in [-0.05, 0) is 18.6 Å². The van der Waals surface area contributed by atoms with E-state index in [9.17, 15) is 14.7 Å². The second kappa shape index (κ2) is 4.51. The largest absolute Gasteiger partial charge is 0.391 e. The van der Waals surface area contributed by atoms with Gasteiger partial charge in [0.05, 0.1) is 6.10 Å².